The highest BCUT2D eigenvalue weighted by Gasteiger charge is 2.60. The average Bonchev–Trinajstić information content (AvgIpc) is 1.77. The number of hydrogen-bond donors (Lipinski definition) is 22. The molecule has 10 heterocycles. The van der Waals surface area contributed by atoms with Crippen LogP contribution < -0.4 is 0 Å². The van der Waals surface area contributed by atoms with E-state index in [0.29, 0.717) is 0 Å². The topological polar surface area (TPSA) is 620 Å². The predicted octanol–water partition coefficient (Wildman–Crippen LogP) is -16.4. The van der Waals surface area contributed by atoms with E-state index in [2.05, 4.69) is 0 Å². The Hall–Kier alpha value is -1.64. The second-order valence-corrected chi connectivity index (χ2v) is 23.3. The van der Waals surface area contributed by atoms with Crippen LogP contribution in [0.5, 0.6) is 0 Å². The Morgan fingerprint density at radius 3 is 0.824 bits per heavy atom. The molecule has 10 aliphatic rings. The molecule has 40 atom stereocenters. The van der Waals surface area contributed by atoms with Crippen molar-refractivity contribution in [3.05, 3.63) is 0 Å². The fourth-order valence-corrected chi connectivity index (χ4v) is 11.8. The second kappa shape index (κ2) is 31.1. The van der Waals surface area contributed by atoms with Gasteiger partial charge in [0, 0.05) is 0 Å². The van der Waals surface area contributed by atoms with Crippen molar-refractivity contribution >= 4 is 0 Å². The highest BCUT2D eigenvalue weighted by molar-refractivity contribution is 5.00. The number of aliphatic hydroxyl groups is 22. The van der Waals surface area contributed by atoms with E-state index in [9.17, 15) is 112 Å². The third-order valence-corrected chi connectivity index (χ3v) is 17.2. The zero-order valence-electron chi connectivity index (χ0n) is 47.8. The molecule has 0 aromatic rings. The Balaban J connectivity index is 0.968. The van der Waals surface area contributed by atoms with Crippen molar-refractivity contribution < 1.29 is 202 Å². The summed E-state index contributed by atoms with van der Waals surface area (Å²) in [5, 5.41) is 236. The minimum atomic E-state index is -2.09. The van der Waals surface area contributed by atoms with Crippen LogP contribution in [0.1, 0.15) is 0 Å². The molecule has 22 N–H and O–H groups in total. The van der Waals surface area contributed by atoms with Crippen molar-refractivity contribution in [2.45, 2.75) is 246 Å². The van der Waals surface area contributed by atoms with E-state index >= 15 is 0 Å². The smallest absolute Gasteiger partial charge is 0.187 e. The molecule has 10 saturated heterocycles. The normalized spacial score (nSPS) is 54.1. The maximum atomic E-state index is 11.5. The minimum absolute atomic E-state index is 0.497. The van der Waals surface area contributed by atoms with Crippen LogP contribution in [0.3, 0.4) is 0 Å². The molecule has 1 unspecified atom stereocenters. The third kappa shape index (κ3) is 15.2. The zero-order valence-corrected chi connectivity index (χ0v) is 47.8. The van der Waals surface area contributed by atoms with Gasteiger partial charge in [-0.2, -0.15) is 0 Å². The Labute approximate surface area is 513 Å². The van der Waals surface area contributed by atoms with Crippen LogP contribution in [-0.2, 0) is 90.0 Å². The molecule has 0 bridgehead atoms. The summed E-state index contributed by atoms with van der Waals surface area (Å²) in [5.41, 5.74) is 0. The first-order valence-electron chi connectivity index (χ1n) is 29.3. The lowest BCUT2D eigenvalue weighted by Gasteiger charge is -2.49. The summed E-state index contributed by atoms with van der Waals surface area (Å²) in [7, 11) is 0. The molecule has 0 spiro atoms. The Bertz CT molecular complexity index is 2090. The van der Waals surface area contributed by atoms with Crippen LogP contribution >= 0.6 is 0 Å². The summed E-state index contributed by atoms with van der Waals surface area (Å²) in [6, 6.07) is 0. The van der Waals surface area contributed by atoms with E-state index in [1.54, 1.807) is 0 Å². The molecule has 0 saturated carbocycles. The summed E-state index contributed by atoms with van der Waals surface area (Å²) >= 11 is 0. The van der Waals surface area contributed by atoms with Crippen molar-refractivity contribution in [1.82, 2.24) is 0 Å². The second-order valence-electron chi connectivity index (χ2n) is 23.3. The predicted molar refractivity (Wildman–Crippen MR) is 270 cm³/mol. The Morgan fingerprint density at radius 1 is 0.220 bits per heavy atom. The highest BCUT2D eigenvalue weighted by Crippen LogP contribution is 2.40. The van der Waals surface area contributed by atoms with Gasteiger partial charge in [-0.3, -0.25) is 0 Å². The van der Waals surface area contributed by atoms with Gasteiger partial charge in [0.1, 0.15) is 183 Å². The van der Waals surface area contributed by atoms with E-state index in [1.165, 1.54) is 0 Å². The van der Waals surface area contributed by atoms with Crippen LogP contribution in [0.15, 0.2) is 0 Å². The minimum Gasteiger partial charge on any atom is -0.394 e. The molecule has 10 fully saturated rings. The summed E-state index contributed by atoms with van der Waals surface area (Å²) in [4.78, 5) is 0. The van der Waals surface area contributed by atoms with Gasteiger partial charge in [0.2, 0.25) is 0 Å². The number of ether oxygens (including phenoxy) is 19. The molecule has 91 heavy (non-hydrogen) atoms. The lowest BCUT2D eigenvalue weighted by atomic mass is 10.0. The van der Waals surface area contributed by atoms with E-state index in [-0.39, 0.29) is 0 Å². The van der Waals surface area contributed by atoms with Gasteiger partial charge in [-0.05, 0) is 0 Å². The summed E-state index contributed by atoms with van der Waals surface area (Å²) < 4.78 is 112. The molecular formula is C50H82O41. The van der Waals surface area contributed by atoms with Crippen molar-refractivity contribution in [1.29, 1.82) is 0 Å². The first kappa shape index (κ1) is 72.1. The molecule has 41 heteroatoms. The van der Waals surface area contributed by atoms with Crippen LogP contribution in [0, 0.1) is 0 Å². The molecule has 0 radical (unpaired) electrons. The van der Waals surface area contributed by atoms with Gasteiger partial charge in [-0.25, -0.2) is 0 Å². The molecule has 0 aliphatic carbocycles. The van der Waals surface area contributed by atoms with Gasteiger partial charge < -0.3 is 202 Å². The number of rotatable bonds is 22. The summed E-state index contributed by atoms with van der Waals surface area (Å²) in [6.07, 6.45) is -73.6. The molecule has 0 aromatic carbocycles. The maximum Gasteiger partial charge on any atom is 0.187 e. The molecular weight excluding hydrogens is 1260 g/mol. The summed E-state index contributed by atoms with van der Waals surface area (Å²) in [5.74, 6) is 0. The number of hydrogen-bond acceptors (Lipinski definition) is 41. The summed E-state index contributed by atoms with van der Waals surface area (Å²) in [6.45, 7) is -7.57. The SMILES string of the molecule is OC[C@@H]1O[C@@H](O[C@@H]2[C@@H](O[C@@H]3O[C@@H](CO)[C@H](O)[C@H]3O)[C@H](O[C@@H]3CO[C@@H](O[C@@H]4CO[C@@H](O[C@@H]5COC(O)[C@H](O)[C@H]5O)[C@H](O)[C@H]4O)[C@H](O[C@@H]4O[C@@H](CO)[C@H](O)[C@H]4O)[C@H]3O[C@@H]3O[C@@H](CO)[C@H](O)[C@H]3O)OC[C@H]2O[C@@H]2OC[C@@H](O[C@@H]3OC[C@@H](O)[C@H](O)[C@H]3O)[C@H](O)[C@H]2O)[C@H](O)[C@H]1O. The van der Waals surface area contributed by atoms with E-state index in [1.807, 2.05) is 0 Å². The lowest BCUT2D eigenvalue weighted by Crippen LogP contribution is -2.66. The fourth-order valence-electron chi connectivity index (χ4n) is 11.8. The maximum absolute atomic E-state index is 11.5. The first-order chi connectivity index (χ1) is 43.4. The zero-order chi connectivity index (χ0) is 65.6. The van der Waals surface area contributed by atoms with Crippen LogP contribution in [0.4, 0.5) is 0 Å². The standard InChI is InChI=1S/C50H82O41/c51-1-12-22(57)33(68)45(79-12)88-37-19(86-44-32(67)27(62)17(7-76-44)84-42-30(65)21(56)11(55)5-74-42)9-78-50(40(37)91-48-36(71)25(60)15(4-54)82-48)87-20-10-77-49(85-18-8-75-43(31(66)28(18)63)83-16-6-73-41(72)29(64)26(16)61)39(90-47-35(70)24(59)14(3-53)81-47)38(20)89-46-34(69)23(58)13(2-52)80-46/h11-72H,1-10H2/t11-,12+,13+,14+,15+,16-,17-,18-,19-,20-,21+,22+,23+,24+,25+,26+,27+,28+,29-,30-,31-,32-,33-,34-,35-,36-,37+,38+,39-,40-,41?,42+,43+,44+,45+,46+,47+,48+,49+,50+/m1/s1. The van der Waals surface area contributed by atoms with Crippen LogP contribution in [-0.4, -0.2) is 424 Å². The van der Waals surface area contributed by atoms with Crippen molar-refractivity contribution in [2.75, 3.05) is 66.1 Å². The third-order valence-electron chi connectivity index (χ3n) is 17.2. The van der Waals surface area contributed by atoms with Crippen LogP contribution in [0.25, 0.3) is 0 Å². The van der Waals surface area contributed by atoms with Crippen molar-refractivity contribution in [2.24, 2.45) is 0 Å². The molecule has 10 aliphatic heterocycles. The van der Waals surface area contributed by atoms with Gasteiger partial charge in [0.15, 0.2) is 62.9 Å². The fraction of sp³-hybridized carbons (Fsp3) is 1.00. The van der Waals surface area contributed by atoms with Crippen LogP contribution in [0.2, 0.25) is 0 Å². The number of aliphatic hydroxyl groups excluding tert-OH is 22. The molecule has 41 nitrogen and oxygen atoms in total. The first-order valence-corrected chi connectivity index (χ1v) is 29.3. The van der Waals surface area contributed by atoms with Gasteiger partial charge in [0.05, 0.1) is 66.1 Å². The molecule has 0 aromatic heterocycles. The molecule has 528 valence electrons. The van der Waals surface area contributed by atoms with Gasteiger partial charge in [-0.15, -0.1) is 0 Å². The quantitative estimate of drug-likeness (QED) is 0.0479. The molecule has 10 rings (SSSR count). The Kier molecular flexibility index (Phi) is 24.6. The van der Waals surface area contributed by atoms with Crippen molar-refractivity contribution in [3.63, 3.8) is 0 Å². The monoisotopic (exact) mass is 1340 g/mol. The largest absolute Gasteiger partial charge is 0.394 e. The Morgan fingerprint density at radius 2 is 0.473 bits per heavy atom. The molecule has 0 amide bonds. The van der Waals surface area contributed by atoms with Gasteiger partial charge in [-0.1, -0.05) is 0 Å². The van der Waals surface area contributed by atoms with E-state index < -0.39 is 312 Å². The van der Waals surface area contributed by atoms with Gasteiger partial charge >= 0.3 is 0 Å². The lowest BCUT2D eigenvalue weighted by molar-refractivity contribution is -0.398. The average molecular weight is 1340 g/mol. The van der Waals surface area contributed by atoms with Crippen molar-refractivity contribution in [3.8, 4) is 0 Å². The van der Waals surface area contributed by atoms with Gasteiger partial charge in [0.25, 0.3) is 0 Å². The highest BCUT2D eigenvalue weighted by atomic mass is 16.8. The van der Waals surface area contributed by atoms with E-state index in [0.717, 1.165) is 0 Å². The van der Waals surface area contributed by atoms with E-state index in [4.69, 9.17) is 90.0 Å².